The maximum Gasteiger partial charge on any atom is 0.305 e. The molecule has 0 aliphatic rings. The van der Waals surface area contributed by atoms with E-state index in [1.54, 1.807) is 19.2 Å². The molecule has 1 heterocycles. The van der Waals surface area contributed by atoms with Crippen LogP contribution in [0, 0.1) is 12.8 Å². The topological polar surface area (TPSA) is 92.0 Å². The average Bonchev–Trinajstić information content (AvgIpc) is 3.27. The van der Waals surface area contributed by atoms with E-state index in [0.29, 0.717) is 18.1 Å². The zero-order chi connectivity index (χ0) is 29.1. The minimum atomic E-state index is -0.922. The van der Waals surface area contributed by atoms with Gasteiger partial charge in [-0.1, -0.05) is 33.1 Å². The van der Waals surface area contributed by atoms with Crippen molar-refractivity contribution in [2.75, 3.05) is 37.5 Å². The minimum absolute atomic E-state index is 0.0463. The van der Waals surface area contributed by atoms with E-state index < -0.39 is 5.97 Å². The number of ether oxygens (including phenoxy) is 1. The van der Waals surface area contributed by atoms with Crippen LogP contribution in [0.2, 0.25) is 0 Å². The summed E-state index contributed by atoms with van der Waals surface area (Å²) >= 11 is 1.82. The van der Waals surface area contributed by atoms with Crippen molar-refractivity contribution in [1.29, 1.82) is 0 Å². The van der Waals surface area contributed by atoms with Crippen LogP contribution in [0.3, 0.4) is 0 Å². The number of fused-ring (bicyclic) bond motifs is 1. The third kappa shape index (κ3) is 8.68. The number of hydrogen-bond donors (Lipinski definition) is 2. The highest BCUT2D eigenvalue weighted by Crippen LogP contribution is 2.38. The molecule has 2 unspecified atom stereocenters. The molecule has 0 aliphatic heterocycles. The van der Waals surface area contributed by atoms with E-state index in [4.69, 9.17) is 14.3 Å². The van der Waals surface area contributed by atoms with Crippen LogP contribution in [0.25, 0.3) is 11.0 Å². The quantitative estimate of drug-likeness (QED) is 0.161. The number of carboxylic acids is 1. The molecule has 0 bridgehead atoms. The number of unbranched alkanes of at least 4 members (excludes halogenated alkanes) is 2. The Morgan fingerprint density at radius 2 is 1.88 bits per heavy atom. The third-order valence-electron chi connectivity index (χ3n) is 7.28. The zero-order valence-corrected chi connectivity index (χ0v) is 25.3. The fourth-order valence-electron chi connectivity index (χ4n) is 4.82. The van der Waals surface area contributed by atoms with Crippen LogP contribution < -0.4 is 10.1 Å². The summed E-state index contributed by atoms with van der Waals surface area (Å²) in [5.41, 5.74) is 3.38. The number of furan rings is 1. The van der Waals surface area contributed by atoms with Crippen molar-refractivity contribution in [2.45, 2.75) is 65.3 Å². The Labute approximate surface area is 242 Å². The van der Waals surface area contributed by atoms with Gasteiger partial charge in [-0.3, -0.25) is 9.59 Å². The number of carbonyl (C=O) groups excluding carboxylic acids is 1. The van der Waals surface area contributed by atoms with Gasteiger partial charge in [0.1, 0.15) is 17.1 Å². The minimum Gasteiger partial charge on any atom is -0.494 e. The summed E-state index contributed by atoms with van der Waals surface area (Å²) in [5.74, 6) is 2.06. The highest BCUT2D eigenvalue weighted by atomic mass is 32.2. The Balaban J connectivity index is 1.82. The second-order valence-corrected chi connectivity index (χ2v) is 11.5. The molecule has 2 N–H and O–H groups in total. The van der Waals surface area contributed by atoms with E-state index in [0.717, 1.165) is 58.7 Å². The van der Waals surface area contributed by atoms with Crippen LogP contribution in [0.5, 0.6) is 5.75 Å². The van der Waals surface area contributed by atoms with Gasteiger partial charge in [-0.2, -0.15) is 11.8 Å². The Hall–Kier alpha value is -3.13. The van der Waals surface area contributed by atoms with Crippen molar-refractivity contribution in [1.82, 2.24) is 4.90 Å². The summed E-state index contributed by atoms with van der Waals surface area (Å²) in [6.07, 6.45) is 7.62. The lowest BCUT2D eigenvalue weighted by molar-refractivity contribution is -0.137. The fourth-order valence-corrected chi connectivity index (χ4v) is 5.23. The Morgan fingerprint density at radius 3 is 2.55 bits per heavy atom. The molecule has 3 aromatic rings. The number of benzene rings is 2. The van der Waals surface area contributed by atoms with Crippen LogP contribution in [0.15, 0.2) is 46.9 Å². The Kier molecular flexibility index (Phi) is 12.2. The number of rotatable bonds is 17. The number of carboxylic acid groups (broad SMARTS) is 1. The number of thioether (sulfide) groups is 1. The van der Waals surface area contributed by atoms with Crippen molar-refractivity contribution < 1.29 is 23.8 Å². The van der Waals surface area contributed by atoms with Gasteiger partial charge in [0, 0.05) is 35.8 Å². The van der Waals surface area contributed by atoms with Gasteiger partial charge < -0.3 is 24.5 Å². The summed E-state index contributed by atoms with van der Waals surface area (Å²) in [7, 11) is 1.62. The highest BCUT2D eigenvalue weighted by molar-refractivity contribution is 7.98. The molecule has 1 amide bonds. The SMILES string of the molecule is CCCCCC(C)C(Nc1ccc(C(=O)N(C)CCC(=O)O)cc1)c1oc2ccc(OCCCSC)cc2c1C. The summed E-state index contributed by atoms with van der Waals surface area (Å²) < 4.78 is 12.5. The number of carbonyl (C=O) groups is 2. The van der Waals surface area contributed by atoms with Crippen molar-refractivity contribution in [3.05, 3.63) is 59.4 Å². The van der Waals surface area contributed by atoms with Crippen molar-refractivity contribution in [3.63, 3.8) is 0 Å². The first-order valence-electron chi connectivity index (χ1n) is 14.2. The van der Waals surface area contributed by atoms with Crippen LogP contribution in [0.4, 0.5) is 5.69 Å². The van der Waals surface area contributed by atoms with E-state index in [2.05, 4.69) is 38.4 Å². The number of nitrogens with zero attached hydrogens (tertiary/aromatic N) is 1. The molecule has 2 aromatic carbocycles. The predicted molar refractivity (Wildman–Crippen MR) is 165 cm³/mol. The van der Waals surface area contributed by atoms with E-state index in [-0.39, 0.29) is 24.9 Å². The molecule has 1 aromatic heterocycles. The number of hydrogen-bond acceptors (Lipinski definition) is 6. The maximum atomic E-state index is 12.7. The molecule has 3 rings (SSSR count). The molecule has 2 atom stereocenters. The average molecular weight is 569 g/mol. The van der Waals surface area contributed by atoms with Crippen LogP contribution in [-0.4, -0.2) is 54.1 Å². The smallest absolute Gasteiger partial charge is 0.305 e. The van der Waals surface area contributed by atoms with Crippen LogP contribution >= 0.6 is 11.8 Å². The van der Waals surface area contributed by atoms with Crippen LogP contribution in [0.1, 0.15) is 80.1 Å². The standard InChI is InChI=1S/C32H44N2O5S/c1-6-7-8-10-22(2)30(33-25-13-11-24(12-14-25)32(37)34(4)18-17-29(35)36)31-23(3)27-21-26(15-16-28(27)39-31)38-19-9-20-40-5/h11-16,21-22,30,33H,6-10,17-20H2,1-5H3,(H,35,36). The lowest BCUT2D eigenvalue weighted by Crippen LogP contribution is -2.29. The van der Waals surface area contributed by atoms with E-state index >= 15 is 0 Å². The van der Waals surface area contributed by atoms with Gasteiger partial charge >= 0.3 is 5.97 Å². The first-order valence-corrected chi connectivity index (χ1v) is 15.6. The number of aliphatic carboxylic acids is 1. The van der Waals surface area contributed by atoms with Gasteiger partial charge in [-0.05, 0) is 80.2 Å². The summed E-state index contributed by atoms with van der Waals surface area (Å²) in [6.45, 7) is 7.45. The van der Waals surface area contributed by atoms with E-state index in [9.17, 15) is 9.59 Å². The van der Waals surface area contributed by atoms with E-state index in [1.165, 1.54) is 17.7 Å². The molecule has 0 fully saturated rings. The lowest BCUT2D eigenvalue weighted by atomic mass is 9.91. The number of aryl methyl sites for hydroxylation is 1. The molecular weight excluding hydrogens is 524 g/mol. The van der Waals surface area contributed by atoms with Gasteiger partial charge in [-0.15, -0.1) is 0 Å². The van der Waals surface area contributed by atoms with Crippen molar-refractivity contribution >= 4 is 40.3 Å². The first kappa shape index (κ1) is 31.4. The van der Waals surface area contributed by atoms with Crippen molar-refractivity contribution in [2.24, 2.45) is 5.92 Å². The molecule has 7 nitrogen and oxygen atoms in total. The Morgan fingerprint density at radius 1 is 1.12 bits per heavy atom. The van der Waals surface area contributed by atoms with Crippen LogP contribution in [-0.2, 0) is 4.79 Å². The normalized spacial score (nSPS) is 12.7. The molecule has 0 radical (unpaired) electrons. The molecular formula is C32H44N2O5S. The third-order valence-corrected chi connectivity index (χ3v) is 7.98. The fraction of sp³-hybridized carbons (Fsp3) is 0.500. The number of nitrogens with one attached hydrogen (secondary N) is 1. The molecule has 0 saturated heterocycles. The highest BCUT2D eigenvalue weighted by Gasteiger charge is 2.26. The summed E-state index contributed by atoms with van der Waals surface area (Å²) in [4.78, 5) is 25.0. The monoisotopic (exact) mass is 568 g/mol. The zero-order valence-electron chi connectivity index (χ0n) is 24.5. The summed E-state index contributed by atoms with van der Waals surface area (Å²) in [5, 5.41) is 13.7. The molecule has 0 saturated carbocycles. The molecule has 8 heteroatoms. The molecule has 218 valence electrons. The first-order chi connectivity index (χ1) is 19.2. The summed E-state index contributed by atoms with van der Waals surface area (Å²) in [6, 6.07) is 13.4. The largest absolute Gasteiger partial charge is 0.494 e. The molecule has 0 spiro atoms. The van der Waals surface area contributed by atoms with Gasteiger partial charge in [-0.25, -0.2) is 0 Å². The number of anilines is 1. The second-order valence-electron chi connectivity index (χ2n) is 10.5. The van der Waals surface area contributed by atoms with Gasteiger partial charge in [0.15, 0.2) is 0 Å². The van der Waals surface area contributed by atoms with Crippen molar-refractivity contribution in [3.8, 4) is 5.75 Å². The predicted octanol–water partition coefficient (Wildman–Crippen LogP) is 7.79. The van der Waals surface area contributed by atoms with Gasteiger partial charge in [0.05, 0.1) is 19.1 Å². The maximum absolute atomic E-state index is 12.7. The second kappa shape index (κ2) is 15.6. The molecule has 40 heavy (non-hydrogen) atoms. The van der Waals surface area contributed by atoms with E-state index in [1.807, 2.05) is 36.0 Å². The molecule has 0 aliphatic carbocycles. The van der Waals surface area contributed by atoms with Gasteiger partial charge in [0.25, 0.3) is 5.91 Å². The Bertz CT molecular complexity index is 1240. The lowest BCUT2D eigenvalue weighted by Gasteiger charge is -2.25. The van der Waals surface area contributed by atoms with Gasteiger partial charge in [0.2, 0.25) is 0 Å². The number of amides is 1.